The van der Waals surface area contributed by atoms with Gasteiger partial charge in [0.25, 0.3) is 0 Å². The lowest BCUT2D eigenvalue weighted by atomic mass is 9.49. The van der Waals surface area contributed by atoms with Gasteiger partial charge in [0.1, 0.15) is 5.78 Å². The standard InChI is InChI=1S/C21H33BrO2/c1-20(24)9-7-14-13(11-20)3-4-16-15(14)8-10-21(2)17(16)5-6-18(21)19(23)12-22/h13-18,24H,3-12H2,1-2H3/t13-,14?,15-,16+,17+,18-,20-,21+/m1/s1. The van der Waals surface area contributed by atoms with E-state index >= 15 is 0 Å². The minimum absolute atomic E-state index is 0.263. The number of carbonyl (C=O) groups excluding carboxylic acids is 1. The zero-order valence-corrected chi connectivity index (χ0v) is 16.9. The van der Waals surface area contributed by atoms with Gasteiger partial charge < -0.3 is 5.11 Å². The largest absolute Gasteiger partial charge is 0.390 e. The van der Waals surface area contributed by atoms with Gasteiger partial charge in [-0.05, 0) is 99.7 Å². The molecule has 0 aromatic rings. The number of carbonyl (C=O) groups is 1. The average molecular weight is 397 g/mol. The molecule has 0 amide bonds. The van der Waals surface area contributed by atoms with Crippen molar-refractivity contribution in [3.05, 3.63) is 0 Å². The van der Waals surface area contributed by atoms with Gasteiger partial charge in [0.05, 0.1) is 10.9 Å². The Morgan fingerprint density at radius 1 is 1.00 bits per heavy atom. The third-order valence-corrected chi connectivity index (χ3v) is 9.31. The molecule has 24 heavy (non-hydrogen) atoms. The maximum absolute atomic E-state index is 12.5. The van der Waals surface area contributed by atoms with Gasteiger partial charge in [-0.3, -0.25) is 4.79 Å². The molecule has 0 saturated heterocycles. The van der Waals surface area contributed by atoms with Crippen LogP contribution in [0.3, 0.4) is 0 Å². The van der Waals surface area contributed by atoms with Gasteiger partial charge in [0, 0.05) is 5.92 Å². The molecule has 4 fully saturated rings. The van der Waals surface area contributed by atoms with Crippen LogP contribution in [0.4, 0.5) is 0 Å². The Balaban J connectivity index is 1.54. The molecule has 0 aromatic carbocycles. The first kappa shape index (κ1) is 17.5. The van der Waals surface area contributed by atoms with Gasteiger partial charge in [0.2, 0.25) is 0 Å². The van der Waals surface area contributed by atoms with Gasteiger partial charge in [-0.2, -0.15) is 0 Å². The van der Waals surface area contributed by atoms with Crippen LogP contribution >= 0.6 is 15.9 Å². The van der Waals surface area contributed by atoms with Crippen LogP contribution in [0.1, 0.15) is 71.6 Å². The molecular weight excluding hydrogens is 364 g/mol. The molecule has 8 atom stereocenters. The van der Waals surface area contributed by atoms with Gasteiger partial charge >= 0.3 is 0 Å². The minimum atomic E-state index is -0.419. The molecule has 1 N–H and O–H groups in total. The first-order chi connectivity index (χ1) is 11.4. The molecule has 0 spiro atoms. The normalized spacial score (nSPS) is 53.8. The zero-order chi connectivity index (χ0) is 17.1. The SMILES string of the molecule is C[C@@]1(O)CCC2[C@H](CC[C@H]3[C@@H]2CC[C@]2(C)[C@@H](C(=O)CBr)CC[C@@H]32)C1. The number of hydrogen-bond donors (Lipinski definition) is 1. The van der Waals surface area contributed by atoms with Crippen molar-refractivity contribution in [1.29, 1.82) is 0 Å². The number of halogens is 1. The van der Waals surface area contributed by atoms with E-state index in [-0.39, 0.29) is 5.41 Å². The fourth-order valence-electron chi connectivity index (χ4n) is 7.70. The van der Waals surface area contributed by atoms with Crippen LogP contribution in [-0.4, -0.2) is 21.8 Å². The van der Waals surface area contributed by atoms with Gasteiger partial charge in [-0.25, -0.2) is 0 Å². The summed E-state index contributed by atoms with van der Waals surface area (Å²) in [6.07, 6.45) is 10.9. The smallest absolute Gasteiger partial charge is 0.147 e. The molecule has 0 radical (unpaired) electrons. The summed E-state index contributed by atoms with van der Waals surface area (Å²) < 4.78 is 0. The van der Waals surface area contributed by atoms with Crippen molar-refractivity contribution in [1.82, 2.24) is 0 Å². The van der Waals surface area contributed by atoms with E-state index in [9.17, 15) is 9.90 Å². The van der Waals surface area contributed by atoms with Crippen molar-refractivity contribution in [3.8, 4) is 0 Å². The fraction of sp³-hybridized carbons (Fsp3) is 0.952. The Labute approximate surface area is 155 Å². The number of alkyl halides is 1. The van der Waals surface area contributed by atoms with Crippen LogP contribution in [0, 0.1) is 40.9 Å². The molecule has 4 saturated carbocycles. The fourth-order valence-corrected chi connectivity index (χ4v) is 8.09. The Bertz CT molecular complexity index is 516. The third kappa shape index (κ3) is 2.64. The van der Waals surface area contributed by atoms with E-state index in [1.165, 1.54) is 38.5 Å². The van der Waals surface area contributed by atoms with Crippen LogP contribution in [0.15, 0.2) is 0 Å². The monoisotopic (exact) mass is 396 g/mol. The second-order valence-electron chi connectivity index (χ2n) is 9.95. The second-order valence-corrected chi connectivity index (χ2v) is 10.5. The Kier molecular flexibility index (Phi) is 4.44. The van der Waals surface area contributed by atoms with Crippen LogP contribution in [-0.2, 0) is 4.79 Å². The van der Waals surface area contributed by atoms with Crippen molar-refractivity contribution in [2.45, 2.75) is 77.2 Å². The molecule has 0 aliphatic heterocycles. The highest BCUT2D eigenvalue weighted by Gasteiger charge is 2.58. The van der Waals surface area contributed by atoms with Crippen LogP contribution < -0.4 is 0 Å². The van der Waals surface area contributed by atoms with E-state index in [4.69, 9.17) is 0 Å². The molecule has 2 nitrogen and oxygen atoms in total. The van der Waals surface area contributed by atoms with Crippen molar-refractivity contribution >= 4 is 21.7 Å². The van der Waals surface area contributed by atoms with E-state index in [1.54, 1.807) is 0 Å². The molecule has 4 rings (SSSR count). The quantitative estimate of drug-likeness (QED) is 0.668. The molecule has 1 unspecified atom stereocenters. The van der Waals surface area contributed by atoms with Gasteiger partial charge in [-0.15, -0.1) is 0 Å². The lowest BCUT2D eigenvalue weighted by Gasteiger charge is -2.56. The summed E-state index contributed by atoms with van der Waals surface area (Å²) in [5.74, 6) is 4.83. The number of Topliss-reactive ketones (excluding diaryl/α,β-unsaturated/α-hetero) is 1. The van der Waals surface area contributed by atoms with E-state index in [0.717, 1.165) is 48.9 Å². The molecule has 0 heterocycles. The summed E-state index contributed by atoms with van der Waals surface area (Å²) in [6.45, 7) is 4.48. The van der Waals surface area contributed by atoms with Crippen LogP contribution in [0.2, 0.25) is 0 Å². The third-order valence-electron chi connectivity index (χ3n) is 8.76. The molecule has 136 valence electrons. The summed E-state index contributed by atoms with van der Waals surface area (Å²) in [5, 5.41) is 11.0. The molecule has 4 aliphatic carbocycles. The Hall–Kier alpha value is 0.110. The highest BCUT2D eigenvalue weighted by molar-refractivity contribution is 9.09. The molecule has 0 bridgehead atoms. The second kappa shape index (κ2) is 6.08. The Morgan fingerprint density at radius 3 is 2.50 bits per heavy atom. The average Bonchev–Trinajstić information content (AvgIpc) is 2.90. The van der Waals surface area contributed by atoms with Crippen molar-refractivity contribution in [2.24, 2.45) is 40.9 Å². The number of rotatable bonds is 2. The van der Waals surface area contributed by atoms with E-state index in [2.05, 4.69) is 22.9 Å². The summed E-state index contributed by atoms with van der Waals surface area (Å²) in [5.41, 5.74) is -0.156. The maximum Gasteiger partial charge on any atom is 0.147 e. The highest BCUT2D eigenvalue weighted by Crippen LogP contribution is 2.64. The lowest BCUT2D eigenvalue weighted by Crippen LogP contribution is -2.51. The van der Waals surface area contributed by atoms with E-state index in [1.807, 2.05) is 6.92 Å². The van der Waals surface area contributed by atoms with Gasteiger partial charge in [0.15, 0.2) is 0 Å². The molecular formula is C21H33BrO2. The molecule has 3 heteroatoms. The Morgan fingerprint density at radius 2 is 1.75 bits per heavy atom. The maximum atomic E-state index is 12.5. The van der Waals surface area contributed by atoms with Gasteiger partial charge in [-0.1, -0.05) is 22.9 Å². The summed E-state index contributed by atoms with van der Waals surface area (Å²) >= 11 is 3.42. The number of fused-ring (bicyclic) bond motifs is 5. The van der Waals surface area contributed by atoms with Crippen molar-refractivity contribution < 1.29 is 9.90 Å². The van der Waals surface area contributed by atoms with Crippen molar-refractivity contribution in [3.63, 3.8) is 0 Å². The minimum Gasteiger partial charge on any atom is -0.390 e. The van der Waals surface area contributed by atoms with Crippen LogP contribution in [0.25, 0.3) is 0 Å². The summed E-state index contributed by atoms with van der Waals surface area (Å²) in [7, 11) is 0. The van der Waals surface area contributed by atoms with E-state index in [0.29, 0.717) is 17.0 Å². The van der Waals surface area contributed by atoms with Crippen LogP contribution in [0.5, 0.6) is 0 Å². The highest BCUT2D eigenvalue weighted by atomic mass is 79.9. The lowest BCUT2D eigenvalue weighted by molar-refractivity contribution is -0.129. The topological polar surface area (TPSA) is 37.3 Å². The summed E-state index contributed by atoms with van der Waals surface area (Å²) in [4.78, 5) is 12.5. The first-order valence-electron chi connectivity index (χ1n) is 10.2. The zero-order valence-electron chi connectivity index (χ0n) is 15.3. The van der Waals surface area contributed by atoms with Crippen molar-refractivity contribution in [2.75, 3.05) is 5.33 Å². The number of hydrogen-bond acceptors (Lipinski definition) is 2. The predicted octanol–water partition coefficient (Wildman–Crippen LogP) is 4.97. The molecule has 0 aromatic heterocycles. The molecule has 4 aliphatic rings. The predicted molar refractivity (Wildman–Crippen MR) is 100 cm³/mol. The number of ketones is 1. The van der Waals surface area contributed by atoms with E-state index < -0.39 is 5.60 Å². The first-order valence-corrected chi connectivity index (χ1v) is 11.3. The summed E-state index contributed by atoms with van der Waals surface area (Å²) in [6, 6.07) is 0. The number of aliphatic hydroxyl groups is 1.